The minimum Gasteiger partial charge on any atom is -0.366 e. The van der Waals surface area contributed by atoms with Gasteiger partial charge in [0.1, 0.15) is 5.82 Å². The van der Waals surface area contributed by atoms with Crippen LogP contribution in [0.3, 0.4) is 0 Å². The number of rotatable bonds is 4. The lowest BCUT2D eigenvalue weighted by Crippen LogP contribution is -2.08. The van der Waals surface area contributed by atoms with E-state index in [0.29, 0.717) is 17.9 Å². The molecule has 106 valence electrons. The number of hydrogen-bond acceptors (Lipinski definition) is 5. The number of aromatic nitrogens is 4. The quantitative estimate of drug-likeness (QED) is 0.684. The zero-order valence-electron chi connectivity index (χ0n) is 11.7. The Morgan fingerprint density at radius 2 is 2.05 bits per heavy atom. The minimum atomic E-state index is 0.421. The number of benzene rings is 1. The lowest BCUT2D eigenvalue weighted by Gasteiger charge is -2.08. The molecule has 0 amide bonds. The van der Waals surface area contributed by atoms with Gasteiger partial charge < -0.3 is 10.6 Å². The van der Waals surface area contributed by atoms with E-state index in [1.807, 2.05) is 13.1 Å². The monoisotopic (exact) mass is 280 g/mol. The van der Waals surface area contributed by atoms with Crippen molar-refractivity contribution in [3.63, 3.8) is 0 Å². The second-order valence-electron chi connectivity index (χ2n) is 5.28. The number of nitrogens with one attached hydrogen (secondary N) is 3. The SMILES string of the molecule is CNc1nc(NC2CC2c2ccccc2)c2cn[nH]c2n1. The Hall–Kier alpha value is -2.63. The molecule has 2 heterocycles. The summed E-state index contributed by atoms with van der Waals surface area (Å²) in [6.45, 7) is 0. The van der Waals surface area contributed by atoms with Gasteiger partial charge in [0.05, 0.1) is 11.6 Å². The van der Waals surface area contributed by atoms with Crippen molar-refractivity contribution in [1.29, 1.82) is 0 Å². The van der Waals surface area contributed by atoms with Crippen LogP contribution in [0.5, 0.6) is 0 Å². The molecule has 0 bridgehead atoms. The second-order valence-corrected chi connectivity index (χ2v) is 5.28. The highest BCUT2D eigenvalue weighted by Gasteiger charge is 2.38. The van der Waals surface area contributed by atoms with Crippen molar-refractivity contribution in [2.75, 3.05) is 17.7 Å². The molecule has 1 fully saturated rings. The molecule has 6 heteroatoms. The molecule has 0 aliphatic heterocycles. The Balaban J connectivity index is 1.60. The molecular formula is C15H16N6. The van der Waals surface area contributed by atoms with E-state index < -0.39 is 0 Å². The van der Waals surface area contributed by atoms with Crippen molar-refractivity contribution in [1.82, 2.24) is 20.2 Å². The molecule has 4 rings (SSSR count). The third-order valence-electron chi connectivity index (χ3n) is 3.87. The highest BCUT2D eigenvalue weighted by molar-refractivity contribution is 5.87. The average molecular weight is 280 g/mol. The van der Waals surface area contributed by atoms with Crippen molar-refractivity contribution in [2.45, 2.75) is 18.4 Å². The van der Waals surface area contributed by atoms with Gasteiger partial charge in [-0.15, -0.1) is 0 Å². The average Bonchev–Trinajstić information content (AvgIpc) is 3.12. The van der Waals surface area contributed by atoms with Gasteiger partial charge in [-0.1, -0.05) is 30.3 Å². The summed E-state index contributed by atoms with van der Waals surface area (Å²) in [5.74, 6) is 1.98. The first kappa shape index (κ1) is 12.1. The van der Waals surface area contributed by atoms with Gasteiger partial charge in [0.2, 0.25) is 5.95 Å². The first-order chi connectivity index (χ1) is 10.3. The number of aromatic amines is 1. The van der Waals surface area contributed by atoms with Gasteiger partial charge in [0, 0.05) is 19.0 Å². The van der Waals surface area contributed by atoms with E-state index in [1.165, 1.54) is 5.56 Å². The molecule has 0 saturated heterocycles. The topological polar surface area (TPSA) is 78.5 Å². The summed E-state index contributed by atoms with van der Waals surface area (Å²) >= 11 is 0. The van der Waals surface area contributed by atoms with Crippen LogP contribution in [0.4, 0.5) is 11.8 Å². The second kappa shape index (κ2) is 4.73. The smallest absolute Gasteiger partial charge is 0.226 e. The van der Waals surface area contributed by atoms with E-state index in [9.17, 15) is 0 Å². The van der Waals surface area contributed by atoms with E-state index in [2.05, 4.69) is 55.1 Å². The van der Waals surface area contributed by atoms with Crippen molar-refractivity contribution in [2.24, 2.45) is 0 Å². The van der Waals surface area contributed by atoms with Crippen molar-refractivity contribution in [3.05, 3.63) is 42.1 Å². The summed E-state index contributed by atoms with van der Waals surface area (Å²) in [5, 5.41) is 14.4. The minimum absolute atomic E-state index is 0.421. The molecule has 21 heavy (non-hydrogen) atoms. The van der Waals surface area contributed by atoms with Gasteiger partial charge in [-0.2, -0.15) is 15.1 Å². The van der Waals surface area contributed by atoms with Gasteiger partial charge >= 0.3 is 0 Å². The number of nitrogens with zero attached hydrogens (tertiary/aromatic N) is 3. The summed E-state index contributed by atoms with van der Waals surface area (Å²) in [6, 6.07) is 11.0. The lowest BCUT2D eigenvalue weighted by atomic mass is 10.1. The van der Waals surface area contributed by atoms with Crippen LogP contribution >= 0.6 is 0 Å². The Labute approximate surface area is 122 Å². The van der Waals surface area contributed by atoms with Crippen LogP contribution in [0.2, 0.25) is 0 Å². The van der Waals surface area contributed by atoms with Gasteiger partial charge in [0.25, 0.3) is 0 Å². The molecule has 1 aliphatic rings. The van der Waals surface area contributed by atoms with Crippen LogP contribution in [0.15, 0.2) is 36.5 Å². The van der Waals surface area contributed by atoms with Crippen LogP contribution in [0.1, 0.15) is 17.9 Å². The maximum atomic E-state index is 4.51. The lowest BCUT2D eigenvalue weighted by molar-refractivity contribution is 1.03. The Morgan fingerprint density at radius 3 is 2.86 bits per heavy atom. The van der Waals surface area contributed by atoms with Crippen molar-refractivity contribution >= 4 is 22.8 Å². The normalized spacial score (nSPS) is 20.4. The highest BCUT2D eigenvalue weighted by Crippen LogP contribution is 2.43. The Kier molecular flexibility index (Phi) is 2.73. The molecule has 6 nitrogen and oxygen atoms in total. The van der Waals surface area contributed by atoms with Crippen LogP contribution in [-0.2, 0) is 0 Å². The first-order valence-corrected chi connectivity index (χ1v) is 7.05. The molecule has 0 spiro atoms. The van der Waals surface area contributed by atoms with Crippen LogP contribution < -0.4 is 10.6 Å². The molecule has 2 atom stereocenters. The Bertz CT molecular complexity index is 766. The summed E-state index contributed by atoms with van der Waals surface area (Å²) in [7, 11) is 1.81. The van der Waals surface area contributed by atoms with E-state index in [1.54, 1.807) is 6.20 Å². The maximum absolute atomic E-state index is 4.51. The standard InChI is InChI=1S/C15H16N6/c1-16-15-19-13(11-8-17-21-14(11)20-15)18-12-7-10(12)9-5-3-2-4-6-9/h2-6,8,10,12H,7H2,1H3,(H3,16,17,18,19,20,21). The number of anilines is 2. The third-order valence-corrected chi connectivity index (χ3v) is 3.87. The van der Waals surface area contributed by atoms with Gasteiger partial charge in [0.15, 0.2) is 5.65 Å². The van der Waals surface area contributed by atoms with Crippen molar-refractivity contribution in [3.8, 4) is 0 Å². The largest absolute Gasteiger partial charge is 0.366 e. The van der Waals surface area contributed by atoms with Crippen LogP contribution in [0.25, 0.3) is 11.0 Å². The van der Waals surface area contributed by atoms with Crippen LogP contribution in [0, 0.1) is 0 Å². The van der Waals surface area contributed by atoms with E-state index in [4.69, 9.17) is 0 Å². The molecule has 3 aromatic rings. The molecule has 2 unspecified atom stereocenters. The summed E-state index contributed by atoms with van der Waals surface area (Å²) in [6.07, 6.45) is 2.89. The molecule has 1 aliphatic carbocycles. The molecular weight excluding hydrogens is 264 g/mol. The highest BCUT2D eigenvalue weighted by atomic mass is 15.2. The summed E-state index contributed by atoms with van der Waals surface area (Å²) < 4.78 is 0. The maximum Gasteiger partial charge on any atom is 0.226 e. The van der Waals surface area contributed by atoms with Gasteiger partial charge in [-0.3, -0.25) is 5.10 Å². The van der Waals surface area contributed by atoms with Crippen LogP contribution in [-0.4, -0.2) is 33.3 Å². The summed E-state index contributed by atoms with van der Waals surface area (Å²) in [5.41, 5.74) is 2.12. The zero-order chi connectivity index (χ0) is 14.2. The third kappa shape index (κ3) is 2.18. The molecule has 0 radical (unpaired) electrons. The fourth-order valence-electron chi connectivity index (χ4n) is 2.66. The fraction of sp³-hybridized carbons (Fsp3) is 0.267. The molecule has 2 aromatic heterocycles. The van der Waals surface area contributed by atoms with Gasteiger partial charge in [-0.05, 0) is 12.0 Å². The molecule has 1 saturated carbocycles. The zero-order valence-corrected chi connectivity index (χ0v) is 11.7. The van der Waals surface area contributed by atoms with Gasteiger partial charge in [-0.25, -0.2) is 0 Å². The van der Waals surface area contributed by atoms with E-state index >= 15 is 0 Å². The molecule has 1 aromatic carbocycles. The fourth-order valence-corrected chi connectivity index (χ4v) is 2.66. The summed E-state index contributed by atoms with van der Waals surface area (Å²) in [4.78, 5) is 8.85. The Morgan fingerprint density at radius 1 is 1.19 bits per heavy atom. The van der Waals surface area contributed by atoms with Crippen molar-refractivity contribution < 1.29 is 0 Å². The predicted octanol–water partition coefficient (Wildman–Crippen LogP) is 2.36. The number of H-pyrrole nitrogens is 1. The number of hydrogen-bond donors (Lipinski definition) is 3. The number of fused-ring (bicyclic) bond motifs is 1. The predicted molar refractivity (Wildman–Crippen MR) is 82.4 cm³/mol. The van der Waals surface area contributed by atoms with E-state index in [0.717, 1.165) is 23.3 Å². The first-order valence-electron chi connectivity index (χ1n) is 7.05. The van der Waals surface area contributed by atoms with E-state index in [-0.39, 0.29) is 0 Å². The molecule has 3 N–H and O–H groups in total.